The van der Waals surface area contributed by atoms with Gasteiger partial charge in [0, 0.05) is 5.41 Å². The molecule has 0 aliphatic heterocycles. The Balaban J connectivity index is 2.79. The molecule has 0 heterocycles. The Morgan fingerprint density at radius 1 is 1.27 bits per heavy atom. The van der Waals surface area contributed by atoms with E-state index in [2.05, 4.69) is 20.8 Å². The van der Waals surface area contributed by atoms with Gasteiger partial charge in [-0.05, 0) is 20.8 Å². The van der Waals surface area contributed by atoms with Crippen LogP contribution in [0.4, 0.5) is 0 Å². The second kappa shape index (κ2) is 2.57. The molecule has 1 rings (SSSR count). The molecule has 0 amide bonds. The van der Waals surface area contributed by atoms with Crippen LogP contribution < -0.4 is 0 Å². The Morgan fingerprint density at radius 2 is 1.91 bits per heavy atom. The van der Waals surface area contributed by atoms with Gasteiger partial charge in [0.15, 0.2) is 0 Å². The van der Waals surface area contributed by atoms with Crippen molar-refractivity contribution >= 4 is 5.78 Å². The Morgan fingerprint density at radius 3 is 2.27 bits per heavy atom. The van der Waals surface area contributed by atoms with Crippen LogP contribution in [0.3, 0.4) is 0 Å². The number of hydrogen-bond acceptors (Lipinski definition) is 1. The topological polar surface area (TPSA) is 17.1 Å². The van der Waals surface area contributed by atoms with Crippen LogP contribution >= 0.6 is 0 Å². The van der Waals surface area contributed by atoms with Gasteiger partial charge in [-0.1, -0.05) is 0 Å². The minimum Gasteiger partial charge on any atom is -0.258 e. The van der Waals surface area contributed by atoms with Crippen molar-refractivity contribution in [2.24, 2.45) is 5.41 Å². The van der Waals surface area contributed by atoms with E-state index in [1.54, 1.807) is 12.5 Å². The van der Waals surface area contributed by atoms with Crippen LogP contribution in [0, 0.1) is 11.8 Å². The third kappa shape index (κ3) is 1.97. The van der Waals surface area contributed by atoms with Crippen LogP contribution in [0.15, 0.2) is 23.8 Å². The van der Waals surface area contributed by atoms with E-state index < -0.39 is 0 Å². The van der Waals surface area contributed by atoms with E-state index in [4.69, 9.17) is 0 Å². The van der Waals surface area contributed by atoms with Gasteiger partial charge in [0.1, 0.15) is 0 Å². The average molecular weight is 149 g/mol. The summed E-state index contributed by atoms with van der Waals surface area (Å²) in [6.07, 6.45) is 7.01. The van der Waals surface area contributed by atoms with Gasteiger partial charge in [-0.3, -0.25) is 4.79 Å². The zero-order chi connectivity index (χ0) is 8.48. The normalized spacial score (nSPS) is 17.7. The molecule has 1 heteroatoms. The smallest absolute Gasteiger partial charge is 0.258 e. The van der Waals surface area contributed by atoms with E-state index in [1.807, 2.05) is 12.2 Å². The van der Waals surface area contributed by atoms with Gasteiger partial charge in [-0.15, -0.1) is 0 Å². The molecule has 58 valence electrons. The first-order valence-corrected chi connectivity index (χ1v) is 3.78. The molecule has 1 aliphatic rings. The molecule has 0 bridgehead atoms. The molecule has 0 aromatic heterocycles. The Labute approximate surface area is 67.8 Å². The summed E-state index contributed by atoms with van der Waals surface area (Å²) in [5.41, 5.74) is 1.35. The first-order chi connectivity index (χ1) is 5.00. The molecule has 1 nitrogen and oxygen atoms in total. The van der Waals surface area contributed by atoms with E-state index in [9.17, 15) is 4.79 Å². The third-order valence-electron chi connectivity index (χ3n) is 1.72. The molecule has 0 spiro atoms. The van der Waals surface area contributed by atoms with Crippen molar-refractivity contribution in [2.75, 3.05) is 0 Å². The van der Waals surface area contributed by atoms with Crippen LogP contribution in [-0.4, -0.2) is 5.78 Å². The highest BCUT2D eigenvalue weighted by Gasteiger charge is 2.23. The molecule has 0 fully saturated rings. The van der Waals surface area contributed by atoms with Gasteiger partial charge in [0.2, 0.25) is 0 Å². The second-order valence-electron chi connectivity index (χ2n) is 3.77. The Kier molecular flexibility index (Phi) is 1.90. The van der Waals surface area contributed by atoms with E-state index >= 15 is 0 Å². The van der Waals surface area contributed by atoms with Gasteiger partial charge < -0.3 is 0 Å². The molecule has 0 unspecified atom stereocenters. The first kappa shape index (κ1) is 8.12. The van der Waals surface area contributed by atoms with Gasteiger partial charge >= 0.3 is 0 Å². The summed E-state index contributed by atoms with van der Waals surface area (Å²) in [5, 5.41) is 0. The molecule has 0 saturated heterocycles. The maximum Gasteiger partial charge on any atom is 0.284 e. The number of carbonyl (C=O) groups excluding carboxylic acids is 1. The van der Waals surface area contributed by atoms with Crippen molar-refractivity contribution in [3.63, 3.8) is 0 Å². The highest BCUT2D eigenvalue weighted by molar-refractivity contribution is 6.00. The molecular weight excluding hydrogens is 136 g/mol. The Hall–Kier alpha value is -0.980. The van der Waals surface area contributed by atoms with Crippen molar-refractivity contribution in [2.45, 2.75) is 20.8 Å². The highest BCUT2D eigenvalue weighted by Crippen LogP contribution is 2.27. The fourth-order valence-electron chi connectivity index (χ4n) is 0.955. The lowest BCUT2D eigenvalue weighted by Gasteiger charge is -2.15. The number of allylic oxidation sites excluding steroid dienone is 4. The van der Waals surface area contributed by atoms with E-state index in [-0.39, 0.29) is 11.2 Å². The zero-order valence-corrected chi connectivity index (χ0v) is 7.22. The third-order valence-corrected chi connectivity index (χ3v) is 1.72. The summed E-state index contributed by atoms with van der Waals surface area (Å²) in [4.78, 5) is 10.7. The average Bonchev–Trinajstić information content (AvgIpc) is 1.86. The SMILES string of the molecule is CC(C)(C)C1=C[CH+]C(=O)C=C1. The monoisotopic (exact) mass is 149 g/mol. The summed E-state index contributed by atoms with van der Waals surface area (Å²) in [6, 6.07) is 0. The Bertz CT molecular complexity index is 226. The van der Waals surface area contributed by atoms with E-state index in [1.165, 1.54) is 5.57 Å². The molecule has 0 aromatic carbocycles. The molecule has 1 aliphatic carbocycles. The van der Waals surface area contributed by atoms with Crippen LogP contribution in [0.25, 0.3) is 0 Å². The fraction of sp³-hybridized carbons (Fsp3) is 0.400. The zero-order valence-electron chi connectivity index (χ0n) is 7.22. The van der Waals surface area contributed by atoms with Gasteiger partial charge in [0.05, 0.1) is 30.2 Å². The summed E-state index contributed by atoms with van der Waals surface area (Å²) in [7, 11) is 0. The van der Waals surface area contributed by atoms with Gasteiger partial charge in [-0.25, -0.2) is 0 Å². The summed E-state index contributed by atoms with van der Waals surface area (Å²) >= 11 is 0. The maximum atomic E-state index is 10.7. The van der Waals surface area contributed by atoms with E-state index in [0.717, 1.165) is 0 Å². The van der Waals surface area contributed by atoms with Crippen LogP contribution in [0.1, 0.15) is 20.8 Å². The molecule has 0 saturated carbocycles. The predicted molar refractivity (Wildman–Crippen MR) is 46.0 cm³/mol. The maximum absolute atomic E-state index is 10.7. The van der Waals surface area contributed by atoms with Crippen molar-refractivity contribution in [3.8, 4) is 0 Å². The molecule has 0 radical (unpaired) electrons. The fourth-order valence-corrected chi connectivity index (χ4v) is 0.955. The number of hydrogen-bond donors (Lipinski definition) is 0. The summed E-state index contributed by atoms with van der Waals surface area (Å²) in [6.45, 7) is 6.40. The first-order valence-electron chi connectivity index (χ1n) is 3.78. The van der Waals surface area contributed by atoms with Crippen molar-refractivity contribution in [1.29, 1.82) is 0 Å². The van der Waals surface area contributed by atoms with Crippen molar-refractivity contribution in [3.05, 3.63) is 30.2 Å². The summed E-state index contributed by atoms with van der Waals surface area (Å²) in [5.74, 6) is 0.0815. The van der Waals surface area contributed by atoms with Crippen molar-refractivity contribution < 1.29 is 4.79 Å². The van der Waals surface area contributed by atoms with Gasteiger partial charge in [0.25, 0.3) is 5.78 Å². The molecule has 0 atom stereocenters. The number of carbonyl (C=O) groups is 1. The van der Waals surface area contributed by atoms with Gasteiger partial charge in [-0.2, -0.15) is 0 Å². The van der Waals surface area contributed by atoms with Crippen LogP contribution in [-0.2, 0) is 4.79 Å². The second-order valence-corrected chi connectivity index (χ2v) is 3.77. The quantitative estimate of drug-likeness (QED) is 0.483. The lowest BCUT2D eigenvalue weighted by molar-refractivity contribution is -0.111. The lowest BCUT2D eigenvalue weighted by atomic mass is 9.83. The lowest BCUT2D eigenvalue weighted by Crippen LogP contribution is -2.11. The van der Waals surface area contributed by atoms with Crippen LogP contribution in [0.2, 0.25) is 0 Å². The highest BCUT2D eigenvalue weighted by atomic mass is 16.1. The largest absolute Gasteiger partial charge is 0.284 e. The number of rotatable bonds is 0. The molecule has 0 N–H and O–H groups in total. The molecule has 11 heavy (non-hydrogen) atoms. The number of ketones is 1. The van der Waals surface area contributed by atoms with E-state index in [0.29, 0.717) is 0 Å². The molecule has 0 aromatic rings. The summed E-state index contributed by atoms with van der Waals surface area (Å²) < 4.78 is 0. The van der Waals surface area contributed by atoms with Crippen LogP contribution in [0.5, 0.6) is 0 Å². The minimum atomic E-state index is 0.0815. The minimum absolute atomic E-state index is 0.0815. The van der Waals surface area contributed by atoms with Crippen molar-refractivity contribution in [1.82, 2.24) is 0 Å². The molecular formula is C10H13O+. The standard InChI is InChI=1S/C10H13O/c1-10(2,3)8-4-6-9(11)7-5-8/h4-7H,1-3H3/q+1. The predicted octanol–water partition coefficient (Wildman–Crippen LogP) is 2.30.